The lowest BCUT2D eigenvalue weighted by molar-refractivity contribution is 0.562. The predicted octanol–water partition coefficient (Wildman–Crippen LogP) is 4.14. The van der Waals surface area contributed by atoms with Crippen LogP contribution >= 0.6 is 15.9 Å². The summed E-state index contributed by atoms with van der Waals surface area (Å²) in [5.74, 6) is -0.233. The van der Waals surface area contributed by atoms with Crippen molar-refractivity contribution in [2.24, 2.45) is 0 Å². The molecule has 0 aliphatic rings. The third kappa shape index (κ3) is 3.85. The molecule has 0 amide bonds. The van der Waals surface area contributed by atoms with Gasteiger partial charge in [0.15, 0.2) is 0 Å². The van der Waals surface area contributed by atoms with E-state index in [1.807, 2.05) is 32.0 Å². The first-order valence-electron chi connectivity index (χ1n) is 6.17. The number of pyridine rings is 1. The van der Waals surface area contributed by atoms with E-state index in [1.54, 1.807) is 6.07 Å². The Hall–Kier alpha value is -1.26. The summed E-state index contributed by atoms with van der Waals surface area (Å²) in [6.45, 7) is 4.71. The summed E-state index contributed by atoms with van der Waals surface area (Å²) in [4.78, 5) is 4.44. The fourth-order valence-corrected chi connectivity index (χ4v) is 2.61. The van der Waals surface area contributed by atoms with Gasteiger partial charge in [0.05, 0.1) is 5.69 Å². The van der Waals surface area contributed by atoms with Crippen molar-refractivity contribution in [3.63, 3.8) is 0 Å². The Labute approximate surface area is 121 Å². The number of halogens is 2. The van der Waals surface area contributed by atoms with Crippen LogP contribution in [0.5, 0.6) is 0 Å². The van der Waals surface area contributed by atoms with Crippen LogP contribution in [0, 0.1) is 12.7 Å². The number of nitrogens with zero attached hydrogens (tertiary/aromatic N) is 1. The second-order valence-corrected chi connectivity index (χ2v) is 5.39. The molecule has 1 atom stereocenters. The van der Waals surface area contributed by atoms with Gasteiger partial charge >= 0.3 is 0 Å². The number of rotatable bonds is 4. The van der Waals surface area contributed by atoms with Gasteiger partial charge in [-0.1, -0.05) is 28.1 Å². The van der Waals surface area contributed by atoms with Crippen LogP contribution in [0.4, 0.5) is 4.39 Å². The van der Waals surface area contributed by atoms with Gasteiger partial charge in [0.1, 0.15) is 5.82 Å². The van der Waals surface area contributed by atoms with E-state index in [1.165, 1.54) is 12.1 Å². The van der Waals surface area contributed by atoms with Crippen molar-refractivity contribution < 1.29 is 4.39 Å². The van der Waals surface area contributed by atoms with E-state index in [4.69, 9.17) is 0 Å². The second kappa shape index (κ2) is 6.26. The molecule has 0 aliphatic heterocycles. The molecule has 0 radical (unpaired) electrons. The molecule has 2 nitrogen and oxygen atoms in total. The monoisotopic (exact) mass is 322 g/mol. The molecule has 2 aromatic rings. The second-order valence-electron chi connectivity index (χ2n) is 4.54. The average molecular weight is 323 g/mol. The first kappa shape index (κ1) is 14.2. The fourth-order valence-electron chi connectivity index (χ4n) is 1.92. The number of hydrogen-bond acceptors (Lipinski definition) is 2. The lowest BCUT2D eigenvalue weighted by Crippen LogP contribution is -2.19. The van der Waals surface area contributed by atoms with Gasteiger partial charge in [-0.3, -0.25) is 4.98 Å². The van der Waals surface area contributed by atoms with E-state index in [0.29, 0.717) is 6.54 Å². The summed E-state index contributed by atoms with van der Waals surface area (Å²) in [7, 11) is 0. The highest BCUT2D eigenvalue weighted by Crippen LogP contribution is 2.24. The van der Waals surface area contributed by atoms with Gasteiger partial charge in [0.25, 0.3) is 0 Å². The van der Waals surface area contributed by atoms with Gasteiger partial charge in [0, 0.05) is 22.8 Å². The predicted molar refractivity (Wildman–Crippen MR) is 78.3 cm³/mol. The Morgan fingerprint density at radius 1 is 1.32 bits per heavy atom. The number of aromatic nitrogens is 1. The smallest absolute Gasteiger partial charge is 0.124 e. The maximum atomic E-state index is 13.0. The van der Waals surface area contributed by atoms with Crippen LogP contribution in [0.25, 0.3) is 0 Å². The van der Waals surface area contributed by atoms with Crippen molar-refractivity contribution in [2.75, 3.05) is 0 Å². The Morgan fingerprint density at radius 2 is 2.11 bits per heavy atom. The molecule has 1 N–H and O–H groups in total. The SMILES string of the molecule is Cc1cccc(CNC(C)c2ccc(F)cc2Br)n1. The van der Waals surface area contributed by atoms with Crippen LogP contribution < -0.4 is 5.32 Å². The van der Waals surface area contributed by atoms with Gasteiger partial charge in [-0.05, 0) is 43.7 Å². The maximum Gasteiger partial charge on any atom is 0.124 e. The normalized spacial score (nSPS) is 12.4. The van der Waals surface area contributed by atoms with E-state index < -0.39 is 0 Å². The topological polar surface area (TPSA) is 24.9 Å². The molecule has 0 spiro atoms. The first-order chi connectivity index (χ1) is 9.06. The van der Waals surface area contributed by atoms with Crippen LogP contribution in [0.1, 0.15) is 29.9 Å². The van der Waals surface area contributed by atoms with E-state index in [2.05, 4.69) is 26.2 Å². The summed E-state index contributed by atoms with van der Waals surface area (Å²) in [6.07, 6.45) is 0. The third-order valence-electron chi connectivity index (χ3n) is 2.96. The Kier molecular flexibility index (Phi) is 4.66. The molecule has 1 aromatic carbocycles. The van der Waals surface area contributed by atoms with Gasteiger partial charge in [-0.25, -0.2) is 4.39 Å². The molecule has 0 aliphatic carbocycles. The van der Waals surface area contributed by atoms with Crippen LogP contribution in [0.3, 0.4) is 0 Å². The Bertz CT molecular complexity index is 572. The minimum Gasteiger partial charge on any atom is -0.305 e. The average Bonchev–Trinajstić information content (AvgIpc) is 2.36. The number of hydrogen-bond donors (Lipinski definition) is 1. The molecular formula is C15H16BrFN2. The van der Waals surface area contributed by atoms with Crippen molar-refractivity contribution in [3.05, 3.63) is 63.6 Å². The number of aryl methyl sites for hydroxylation is 1. The largest absolute Gasteiger partial charge is 0.305 e. The minimum absolute atomic E-state index is 0.122. The molecule has 0 saturated heterocycles. The van der Waals surface area contributed by atoms with Crippen LogP contribution in [0.2, 0.25) is 0 Å². The zero-order valence-electron chi connectivity index (χ0n) is 11.0. The van der Waals surface area contributed by atoms with Crippen molar-refractivity contribution in [1.82, 2.24) is 10.3 Å². The van der Waals surface area contributed by atoms with Crippen LogP contribution in [0.15, 0.2) is 40.9 Å². The van der Waals surface area contributed by atoms with E-state index in [0.717, 1.165) is 21.4 Å². The quantitative estimate of drug-likeness (QED) is 0.915. The molecule has 1 aromatic heterocycles. The van der Waals surface area contributed by atoms with Crippen LogP contribution in [-0.4, -0.2) is 4.98 Å². The minimum atomic E-state index is -0.233. The standard InChI is InChI=1S/C15H16BrFN2/c1-10-4-3-5-13(19-10)9-18-11(2)14-7-6-12(17)8-15(14)16/h3-8,11,18H,9H2,1-2H3. The number of benzene rings is 1. The molecule has 2 rings (SSSR count). The highest BCUT2D eigenvalue weighted by atomic mass is 79.9. The lowest BCUT2D eigenvalue weighted by Gasteiger charge is -2.15. The highest BCUT2D eigenvalue weighted by molar-refractivity contribution is 9.10. The van der Waals surface area contributed by atoms with E-state index >= 15 is 0 Å². The molecule has 19 heavy (non-hydrogen) atoms. The van der Waals surface area contributed by atoms with Gasteiger partial charge in [-0.15, -0.1) is 0 Å². The fraction of sp³-hybridized carbons (Fsp3) is 0.267. The molecule has 1 unspecified atom stereocenters. The van der Waals surface area contributed by atoms with Crippen molar-refractivity contribution in [2.45, 2.75) is 26.4 Å². The molecule has 100 valence electrons. The lowest BCUT2D eigenvalue weighted by atomic mass is 10.1. The third-order valence-corrected chi connectivity index (χ3v) is 3.65. The molecule has 0 fully saturated rings. The summed E-state index contributed by atoms with van der Waals surface area (Å²) in [6, 6.07) is 10.8. The summed E-state index contributed by atoms with van der Waals surface area (Å²) in [5, 5.41) is 3.39. The van der Waals surface area contributed by atoms with Gasteiger partial charge in [-0.2, -0.15) is 0 Å². The molecular weight excluding hydrogens is 307 g/mol. The summed E-state index contributed by atoms with van der Waals surface area (Å²) >= 11 is 3.39. The van der Waals surface area contributed by atoms with Crippen LogP contribution in [-0.2, 0) is 6.54 Å². The van der Waals surface area contributed by atoms with E-state index in [-0.39, 0.29) is 11.9 Å². The maximum absolute atomic E-state index is 13.0. The first-order valence-corrected chi connectivity index (χ1v) is 6.96. The van der Waals surface area contributed by atoms with Gasteiger partial charge < -0.3 is 5.32 Å². The molecule has 0 bridgehead atoms. The molecule has 1 heterocycles. The summed E-state index contributed by atoms with van der Waals surface area (Å²) < 4.78 is 13.8. The summed E-state index contributed by atoms with van der Waals surface area (Å²) in [5.41, 5.74) is 3.05. The van der Waals surface area contributed by atoms with Crippen molar-refractivity contribution >= 4 is 15.9 Å². The van der Waals surface area contributed by atoms with Crippen molar-refractivity contribution in [3.8, 4) is 0 Å². The zero-order chi connectivity index (χ0) is 13.8. The number of nitrogens with one attached hydrogen (secondary N) is 1. The van der Waals surface area contributed by atoms with E-state index in [9.17, 15) is 4.39 Å². The van der Waals surface area contributed by atoms with Gasteiger partial charge in [0.2, 0.25) is 0 Å². The Morgan fingerprint density at radius 3 is 2.79 bits per heavy atom. The molecule has 4 heteroatoms. The Balaban J connectivity index is 2.03. The molecule has 0 saturated carbocycles. The van der Waals surface area contributed by atoms with Crippen molar-refractivity contribution in [1.29, 1.82) is 0 Å². The zero-order valence-corrected chi connectivity index (χ0v) is 12.5. The highest BCUT2D eigenvalue weighted by Gasteiger charge is 2.09.